The van der Waals surface area contributed by atoms with Crippen LogP contribution in [0.1, 0.15) is 47.6 Å². The van der Waals surface area contributed by atoms with Crippen molar-refractivity contribution in [2.45, 2.75) is 38.6 Å². The number of aryl methyl sites for hydroxylation is 1. The summed E-state index contributed by atoms with van der Waals surface area (Å²) in [6, 6.07) is 5.60. The number of halogens is 1. The molecule has 1 heterocycles. The molecule has 128 valence electrons. The molecule has 6 nitrogen and oxygen atoms in total. The molecule has 3 rings (SSSR count). The van der Waals surface area contributed by atoms with Crippen molar-refractivity contribution in [1.82, 2.24) is 4.57 Å². The van der Waals surface area contributed by atoms with Gasteiger partial charge in [-0.1, -0.05) is 30.5 Å². The van der Waals surface area contributed by atoms with Crippen LogP contribution >= 0.6 is 12.4 Å². The van der Waals surface area contributed by atoms with Gasteiger partial charge < -0.3 is 16.0 Å². The molecule has 4 N–H and O–H groups in total. The average molecular weight is 349 g/mol. The maximum absolute atomic E-state index is 12.8. The van der Waals surface area contributed by atoms with Crippen LogP contribution < -0.4 is 17.0 Å². The first-order valence-electron chi connectivity index (χ1n) is 7.77. The summed E-state index contributed by atoms with van der Waals surface area (Å²) in [5.41, 5.74) is 11.9. The average Bonchev–Trinajstić information content (AvgIpc) is 3.00. The highest BCUT2D eigenvalue weighted by Crippen LogP contribution is 2.30. The van der Waals surface area contributed by atoms with Crippen LogP contribution in [0.25, 0.3) is 10.8 Å². The SMILES string of the molecule is Cc1ccc2c(=O)n(C3CCCC3)cc(C(=O)N=C(N)N)c2c1.Cl. The van der Waals surface area contributed by atoms with Gasteiger partial charge in [0.1, 0.15) is 0 Å². The minimum atomic E-state index is -0.521. The number of rotatable bonds is 2. The van der Waals surface area contributed by atoms with E-state index in [1.54, 1.807) is 16.8 Å². The van der Waals surface area contributed by atoms with E-state index in [1.807, 2.05) is 19.1 Å². The van der Waals surface area contributed by atoms with Crippen LogP contribution in [0, 0.1) is 6.92 Å². The Balaban J connectivity index is 0.00000208. The van der Waals surface area contributed by atoms with Gasteiger partial charge in [-0.2, -0.15) is 4.99 Å². The lowest BCUT2D eigenvalue weighted by Crippen LogP contribution is -2.27. The first kappa shape index (κ1) is 18.0. The predicted molar refractivity (Wildman–Crippen MR) is 97.8 cm³/mol. The zero-order valence-corrected chi connectivity index (χ0v) is 14.3. The number of hydrogen-bond acceptors (Lipinski definition) is 2. The second kappa shape index (κ2) is 7.05. The van der Waals surface area contributed by atoms with Crippen molar-refractivity contribution in [2.75, 3.05) is 0 Å². The normalized spacial score (nSPS) is 14.4. The van der Waals surface area contributed by atoms with Gasteiger partial charge in [-0.15, -0.1) is 12.4 Å². The molecule has 0 bridgehead atoms. The van der Waals surface area contributed by atoms with E-state index in [0.717, 1.165) is 31.2 Å². The summed E-state index contributed by atoms with van der Waals surface area (Å²) in [5.74, 6) is -0.804. The topological polar surface area (TPSA) is 103 Å². The fourth-order valence-corrected chi connectivity index (χ4v) is 3.28. The van der Waals surface area contributed by atoms with E-state index in [0.29, 0.717) is 16.3 Å². The number of guanidine groups is 1. The smallest absolute Gasteiger partial charge is 0.282 e. The second-order valence-electron chi connectivity index (χ2n) is 6.08. The highest BCUT2D eigenvalue weighted by atomic mass is 35.5. The number of aromatic nitrogens is 1. The first-order chi connectivity index (χ1) is 11.0. The molecular formula is C17H21ClN4O2. The molecule has 1 fully saturated rings. The number of carbonyl (C=O) groups is 1. The molecule has 0 atom stereocenters. The Kier molecular flexibility index (Phi) is 5.29. The fourth-order valence-electron chi connectivity index (χ4n) is 3.28. The molecule has 24 heavy (non-hydrogen) atoms. The highest BCUT2D eigenvalue weighted by molar-refractivity contribution is 6.10. The molecule has 1 aromatic carbocycles. The first-order valence-corrected chi connectivity index (χ1v) is 7.77. The Labute approximate surface area is 146 Å². The van der Waals surface area contributed by atoms with E-state index in [9.17, 15) is 9.59 Å². The number of nitrogens with two attached hydrogens (primary N) is 2. The molecule has 0 radical (unpaired) electrons. The van der Waals surface area contributed by atoms with Crippen molar-refractivity contribution in [3.63, 3.8) is 0 Å². The lowest BCUT2D eigenvalue weighted by molar-refractivity contribution is 0.100. The van der Waals surface area contributed by atoms with Crippen LogP contribution in [-0.4, -0.2) is 16.4 Å². The van der Waals surface area contributed by atoms with Gasteiger partial charge in [-0.05, 0) is 25.8 Å². The Morgan fingerprint density at radius 2 is 1.88 bits per heavy atom. The van der Waals surface area contributed by atoms with Crippen LogP contribution in [-0.2, 0) is 0 Å². The molecule has 2 aromatic rings. The summed E-state index contributed by atoms with van der Waals surface area (Å²) in [6.45, 7) is 1.91. The lowest BCUT2D eigenvalue weighted by Gasteiger charge is -2.16. The van der Waals surface area contributed by atoms with Crippen LogP contribution in [0.2, 0.25) is 0 Å². The molecule has 0 aliphatic heterocycles. The molecule has 1 saturated carbocycles. The minimum Gasteiger partial charge on any atom is -0.370 e. The monoisotopic (exact) mass is 348 g/mol. The zero-order valence-electron chi connectivity index (χ0n) is 13.5. The van der Waals surface area contributed by atoms with Gasteiger partial charge in [0.05, 0.1) is 5.56 Å². The number of fused-ring (bicyclic) bond motifs is 1. The van der Waals surface area contributed by atoms with E-state index in [4.69, 9.17) is 11.5 Å². The molecule has 0 saturated heterocycles. The third-order valence-corrected chi connectivity index (χ3v) is 4.38. The van der Waals surface area contributed by atoms with E-state index in [-0.39, 0.29) is 30.0 Å². The summed E-state index contributed by atoms with van der Waals surface area (Å²) < 4.78 is 1.68. The number of benzene rings is 1. The van der Waals surface area contributed by atoms with Crippen molar-refractivity contribution >= 4 is 35.0 Å². The van der Waals surface area contributed by atoms with Crippen LogP contribution in [0.5, 0.6) is 0 Å². The Bertz CT molecular complexity index is 863. The number of hydrogen-bond donors (Lipinski definition) is 2. The molecule has 0 unspecified atom stereocenters. The number of nitrogens with zero attached hydrogens (tertiary/aromatic N) is 2. The summed E-state index contributed by atoms with van der Waals surface area (Å²) in [7, 11) is 0. The quantitative estimate of drug-likeness (QED) is 0.641. The Morgan fingerprint density at radius 3 is 2.50 bits per heavy atom. The number of pyridine rings is 1. The summed E-state index contributed by atoms with van der Waals surface area (Å²) >= 11 is 0. The van der Waals surface area contributed by atoms with Gasteiger partial charge in [-0.3, -0.25) is 9.59 Å². The Morgan fingerprint density at radius 1 is 1.21 bits per heavy atom. The largest absolute Gasteiger partial charge is 0.370 e. The highest BCUT2D eigenvalue weighted by Gasteiger charge is 2.22. The number of amides is 1. The summed E-state index contributed by atoms with van der Waals surface area (Å²) in [4.78, 5) is 28.8. The Hall–Kier alpha value is -2.34. The molecule has 1 aromatic heterocycles. The maximum atomic E-state index is 12.8. The third-order valence-electron chi connectivity index (χ3n) is 4.38. The molecule has 1 aliphatic rings. The van der Waals surface area contributed by atoms with Crippen molar-refractivity contribution < 1.29 is 4.79 Å². The molecule has 7 heteroatoms. The third kappa shape index (κ3) is 3.28. The standard InChI is InChI=1S/C17H20N4O2.ClH/c1-10-6-7-12-13(8-10)14(15(22)20-17(18)19)9-21(16(12)23)11-4-2-3-5-11;/h6-9,11H,2-5H2,1H3,(H4,18,19,20,22);1H. The van der Waals surface area contributed by atoms with Crippen molar-refractivity contribution in [3.05, 3.63) is 45.9 Å². The molecular weight excluding hydrogens is 328 g/mol. The minimum absolute atomic E-state index is 0. The van der Waals surface area contributed by atoms with Gasteiger partial charge in [0, 0.05) is 23.0 Å². The van der Waals surface area contributed by atoms with Crippen LogP contribution in [0.4, 0.5) is 0 Å². The predicted octanol–water partition coefficient (Wildman–Crippen LogP) is 2.26. The van der Waals surface area contributed by atoms with Gasteiger partial charge in [0.2, 0.25) is 0 Å². The second-order valence-corrected chi connectivity index (χ2v) is 6.08. The number of carbonyl (C=O) groups excluding carboxylic acids is 1. The van der Waals surface area contributed by atoms with E-state index < -0.39 is 5.91 Å². The van der Waals surface area contributed by atoms with E-state index >= 15 is 0 Å². The van der Waals surface area contributed by atoms with Gasteiger partial charge >= 0.3 is 0 Å². The van der Waals surface area contributed by atoms with Crippen molar-refractivity contribution in [1.29, 1.82) is 0 Å². The molecule has 1 amide bonds. The van der Waals surface area contributed by atoms with Crippen molar-refractivity contribution in [2.24, 2.45) is 16.5 Å². The van der Waals surface area contributed by atoms with Gasteiger partial charge in [0.25, 0.3) is 11.5 Å². The van der Waals surface area contributed by atoms with Crippen LogP contribution in [0.3, 0.4) is 0 Å². The van der Waals surface area contributed by atoms with E-state index in [2.05, 4.69) is 4.99 Å². The lowest BCUT2D eigenvalue weighted by atomic mass is 10.0. The van der Waals surface area contributed by atoms with E-state index in [1.165, 1.54) is 0 Å². The fraction of sp³-hybridized carbons (Fsp3) is 0.353. The molecule has 0 spiro atoms. The maximum Gasteiger partial charge on any atom is 0.282 e. The zero-order chi connectivity index (χ0) is 16.6. The van der Waals surface area contributed by atoms with Crippen LogP contribution in [0.15, 0.2) is 34.2 Å². The summed E-state index contributed by atoms with van der Waals surface area (Å²) in [6.07, 6.45) is 5.72. The summed E-state index contributed by atoms with van der Waals surface area (Å²) in [5, 5.41) is 1.12. The molecule has 1 aliphatic carbocycles. The van der Waals surface area contributed by atoms with Gasteiger partial charge in [-0.25, -0.2) is 0 Å². The van der Waals surface area contributed by atoms with Gasteiger partial charge in [0.15, 0.2) is 5.96 Å². The van der Waals surface area contributed by atoms with Crippen molar-refractivity contribution in [3.8, 4) is 0 Å². The number of aliphatic imine (C=N–C) groups is 1.